The normalized spacial score (nSPS) is 14.1. The number of hydrogen-bond donors (Lipinski definition) is 1. The van der Waals surface area contributed by atoms with Crippen molar-refractivity contribution < 1.29 is 0 Å². The van der Waals surface area contributed by atoms with Crippen LogP contribution in [-0.4, -0.2) is 29.6 Å². The second-order valence-electron chi connectivity index (χ2n) is 7.65. The van der Waals surface area contributed by atoms with Gasteiger partial charge >= 0.3 is 0 Å². The van der Waals surface area contributed by atoms with Gasteiger partial charge in [0, 0.05) is 24.2 Å². The van der Waals surface area contributed by atoms with Gasteiger partial charge in [0.05, 0.1) is 11.4 Å². The maximum Gasteiger partial charge on any atom is 0.178 e. The number of rotatable bonds is 6. The molecule has 3 heterocycles. The quantitative estimate of drug-likeness (QED) is 0.554. The van der Waals surface area contributed by atoms with Crippen molar-refractivity contribution in [3.63, 3.8) is 0 Å². The molecule has 1 aliphatic carbocycles. The third-order valence-electron chi connectivity index (χ3n) is 5.08. The second kappa shape index (κ2) is 6.74. The van der Waals surface area contributed by atoms with E-state index in [-0.39, 0.29) is 0 Å². The summed E-state index contributed by atoms with van der Waals surface area (Å²) in [6.07, 6.45) is 4.46. The van der Waals surface area contributed by atoms with Gasteiger partial charge in [0.25, 0.3) is 0 Å². The van der Waals surface area contributed by atoms with Crippen LogP contribution in [0.3, 0.4) is 0 Å². The first-order chi connectivity index (χ1) is 13.7. The van der Waals surface area contributed by atoms with Crippen molar-refractivity contribution in [1.29, 1.82) is 0 Å². The lowest BCUT2D eigenvalue weighted by Gasteiger charge is -2.08. The third-order valence-corrected chi connectivity index (χ3v) is 5.08. The van der Waals surface area contributed by atoms with Gasteiger partial charge in [0.15, 0.2) is 11.5 Å². The summed E-state index contributed by atoms with van der Waals surface area (Å²) in [6.45, 7) is 5.01. The van der Waals surface area contributed by atoms with Gasteiger partial charge in [-0.15, -0.1) is 15.3 Å². The Morgan fingerprint density at radius 3 is 2.61 bits per heavy atom. The molecule has 5 rings (SSSR count). The summed E-state index contributed by atoms with van der Waals surface area (Å²) in [5, 5.41) is 21.5. The van der Waals surface area contributed by atoms with Crippen molar-refractivity contribution in [3.8, 4) is 5.69 Å². The molecular formula is C21H23N7. The Morgan fingerprint density at radius 2 is 1.86 bits per heavy atom. The molecule has 0 aliphatic heterocycles. The van der Waals surface area contributed by atoms with E-state index in [9.17, 15) is 0 Å². The van der Waals surface area contributed by atoms with E-state index in [1.54, 1.807) is 0 Å². The fourth-order valence-corrected chi connectivity index (χ4v) is 3.44. The van der Waals surface area contributed by atoms with Crippen molar-refractivity contribution in [1.82, 2.24) is 29.6 Å². The molecule has 7 heteroatoms. The van der Waals surface area contributed by atoms with E-state index in [1.807, 2.05) is 39.5 Å². The molecule has 0 saturated heterocycles. The van der Waals surface area contributed by atoms with Gasteiger partial charge in [-0.3, -0.25) is 0 Å². The van der Waals surface area contributed by atoms with Crippen LogP contribution in [0.4, 0.5) is 5.82 Å². The van der Waals surface area contributed by atoms with Crippen molar-refractivity contribution in [2.45, 2.75) is 45.1 Å². The number of para-hydroxylation sites is 1. The Balaban J connectivity index is 1.41. The Morgan fingerprint density at radius 1 is 1.04 bits per heavy atom. The van der Waals surface area contributed by atoms with Gasteiger partial charge in [0.1, 0.15) is 5.82 Å². The highest BCUT2D eigenvalue weighted by Crippen LogP contribution is 2.38. The molecule has 0 unspecified atom stereocenters. The van der Waals surface area contributed by atoms with Crippen LogP contribution >= 0.6 is 0 Å². The Labute approximate surface area is 163 Å². The monoisotopic (exact) mass is 373 g/mol. The molecule has 1 aromatic carbocycles. The van der Waals surface area contributed by atoms with Crippen molar-refractivity contribution in [3.05, 3.63) is 65.7 Å². The number of anilines is 1. The van der Waals surface area contributed by atoms with Gasteiger partial charge in [-0.2, -0.15) is 9.61 Å². The fraction of sp³-hybridized carbons (Fsp3) is 0.333. The number of benzene rings is 1. The lowest BCUT2D eigenvalue weighted by molar-refractivity contribution is 0.762. The van der Waals surface area contributed by atoms with Crippen LogP contribution in [0.2, 0.25) is 0 Å². The predicted octanol–water partition coefficient (Wildman–Crippen LogP) is 3.92. The molecule has 4 aromatic rings. The molecule has 0 bridgehead atoms. The third kappa shape index (κ3) is 3.13. The van der Waals surface area contributed by atoms with Crippen LogP contribution in [0.1, 0.15) is 55.6 Å². The molecular weight excluding hydrogens is 350 g/mol. The van der Waals surface area contributed by atoms with Crippen molar-refractivity contribution in [2.75, 3.05) is 5.32 Å². The van der Waals surface area contributed by atoms with E-state index in [1.165, 1.54) is 18.4 Å². The summed E-state index contributed by atoms with van der Waals surface area (Å²) in [5.41, 5.74) is 4.13. The first kappa shape index (κ1) is 16.9. The second-order valence-corrected chi connectivity index (χ2v) is 7.65. The van der Waals surface area contributed by atoms with E-state index in [0.717, 1.165) is 28.7 Å². The molecule has 142 valence electrons. The number of aromatic nitrogens is 6. The SMILES string of the molecule is CC(C)c1nn(-c2ccccc2)cc1CNc1ccc2nnc(C3CC3)n2n1. The van der Waals surface area contributed by atoms with Gasteiger partial charge < -0.3 is 5.32 Å². The van der Waals surface area contributed by atoms with Crippen LogP contribution in [0.5, 0.6) is 0 Å². The zero-order valence-corrected chi connectivity index (χ0v) is 16.1. The van der Waals surface area contributed by atoms with Crippen LogP contribution in [0.15, 0.2) is 48.7 Å². The van der Waals surface area contributed by atoms with Crippen LogP contribution in [0.25, 0.3) is 11.3 Å². The zero-order chi connectivity index (χ0) is 19.1. The van der Waals surface area contributed by atoms with Crippen LogP contribution in [0, 0.1) is 0 Å². The zero-order valence-electron chi connectivity index (χ0n) is 16.1. The lowest BCUT2D eigenvalue weighted by atomic mass is 10.1. The lowest BCUT2D eigenvalue weighted by Crippen LogP contribution is -2.07. The van der Waals surface area contributed by atoms with Crippen molar-refractivity contribution >= 4 is 11.5 Å². The Bertz CT molecular complexity index is 1110. The minimum Gasteiger partial charge on any atom is -0.364 e. The minimum absolute atomic E-state index is 0.344. The summed E-state index contributed by atoms with van der Waals surface area (Å²) in [6, 6.07) is 14.1. The first-order valence-corrected chi connectivity index (χ1v) is 9.79. The highest BCUT2D eigenvalue weighted by molar-refractivity contribution is 5.45. The topological polar surface area (TPSA) is 72.9 Å². The molecule has 1 saturated carbocycles. The van der Waals surface area contributed by atoms with Crippen molar-refractivity contribution in [2.24, 2.45) is 0 Å². The Hall–Kier alpha value is -3.22. The predicted molar refractivity (Wildman–Crippen MR) is 108 cm³/mol. The van der Waals surface area contributed by atoms with Crippen LogP contribution < -0.4 is 5.32 Å². The largest absolute Gasteiger partial charge is 0.364 e. The average Bonchev–Trinajstić information content (AvgIpc) is 3.32. The maximum absolute atomic E-state index is 4.81. The number of hydrogen-bond acceptors (Lipinski definition) is 5. The van der Waals surface area contributed by atoms with Gasteiger partial charge in [-0.05, 0) is 43.0 Å². The summed E-state index contributed by atoms with van der Waals surface area (Å²) < 4.78 is 3.82. The fourth-order valence-electron chi connectivity index (χ4n) is 3.44. The summed E-state index contributed by atoms with van der Waals surface area (Å²) in [7, 11) is 0. The smallest absolute Gasteiger partial charge is 0.178 e. The van der Waals surface area contributed by atoms with Crippen LogP contribution in [-0.2, 0) is 6.54 Å². The molecule has 0 spiro atoms. The van der Waals surface area contributed by atoms with Gasteiger partial charge in [-0.25, -0.2) is 4.68 Å². The van der Waals surface area contributed by atoms with Gasteiger partial charge in [0.2, 0.25) is 0 Å². The summed E-state index contributed by atoms with van der Waals surface area (Å²) >= 11 is 0. The molecule has 3 aromatic heterocycles. The highest BCUT2D eigenvalue weighted by Gasteiger charge is 2.29. The average molecular weight is 373 g/mol. The molecule has 28 heavy (non-hydrogen) atoms. The first-order valence-electron chi connectivity index (χ1n) is 9.79. The molecule has 1 N–H and O–H groups in total. The molecule has 7 nitrogen and oxygen atoms in total. The highest BCUT2D eigenvalue weighted by atomic mass is 15.4. The molecule has 0 atom stereocenters. The van der Waals surface area contributed by atoms with E-state index in [2.05, 4.69) is 47.7 Å². The Kier molecular flexibility index (Phi) is 4.07. The van der Waals surface area contributed by atoms with E-state index < -0.39 is 0 Å². The number of fused-ring (bicyclic) bond motifs is 1. The van der Waals surface area contributed by atoms with E-state index >= 15 is 0 Å². The van der Waals surface area contributed by atoms with Gasteiger partial charge in [-0.1, -0.05) is 32.0 Å². The standard InChI is InChI=1S/C21H23N7/c1-14(2)20-16(13-27(26-20)17-6-4-3-5-7-17)12-22-18-10-11-19-23-24-21(15-8-9-15)28(19)25-18/h3-7,10-11,13-15H,8-9,12H2,1-2H3,(H,22,25). The molecule has 0 radical (unpaired) electrons. The summed E-state index contributed by atoms with van der Waals surface area (Å²) in [5.74, 6) is 2.64. The molecule has 1 aliphatic rings. The van der Waals surface area contributed by atoms with E-state index in [0.29, 0.717) is 18.4 Å². The number of nitrogens with one attached hydrogen (secondary N) is 1. The minimum atomic E-state index is 0.344. The molecule has 1 fully saturated rings. The number of nitrogens with zero attached hydrogens (tertiary/aromatic N) is 6. The summed E-state index contributed by atoms with van der Waals surface area (Å²) in [4.78, 5) is 0. The maximum atomic E-state index is 4.81. The van der Waals surface area contributed by atoms with E-state index in [4.69, 9.17) is 10.2 Å². The molecule has 0 amide bonds.